The number of carbonyl (C=O) groups excluding carboxylic acids is 1. The Kier molecular flexibility index (Phi) is 5.59. The van der Waals surface area contributed by atoms with E-state index in [-0.39, 0.29) is 17.3 Å². The first-order chi connectivity index (χ1) is 11.6. The molecule has 0 aliphatic rings. The van der Waals surface area contributed by atoms with E-state index in [0.29, 0.717) is 11.1 Å². The molecule has 7 heteroatoms. The zero-order valence-corrected chi connectivity index (χ0v) is 15.6. The van der Waals surface area contributed by atoms with Crippen LogP contribution in [0.4, 0.5) is 0 Å². The monoisotopic (exact) mass is 361 g/mol. The Morgan fingerprint density at radius 3 is 2.48 bits per heavy atom. The number of sulfonamides is 1. The molecule has 0 aliphatic carbocycles. The summed E-state index contributed by atoms with van der Waals surface area (Å²) < 4.78 is 27.5. The van der Waals surface area contributed by atoms with E-state index in [0.717, 1.165) is 5.69 Å². The molecule has 1 amide bonds. The summed E-state index contributed by atoms with van der Waals surface area (Å²) in [6.07, 6.45) is 1.65. The minimum absolute atomic E-state index is 0.0658. The first-order valence-electron chi connectivity index (χ1n) is 7.91. The Morgan fingerprint density at radius 2 is 1.88 bits per heavy atom. The summed E-state index contributed by atoms with van der Waals surface area (Å²) in [5.41, 5.74) is 1.15. The number of rotatable bonds is 5. The van der Waals surface area contributed by atoms with Crippen LogP contribution in [0.5, 0.6) is 0 Å². The number of carbonyl (C=O) groups is 1. The fourth-order valence-corrected chi connectivity index (χ4v) is 3.69. The molecule has 0 atom stereocenters. The largest absolute Gasteiger partial charge is 0.346 e. The molecule has 0 radical (unpaired) electrons. The van der Waals surface area contributed by atoms with Gasteiger partial charge in [-0.2, -0.15) is 0 Å². The highest BCUT2D eigenvalue weighted by Crippen LogP contribution is 2.17. The molecule has 0 saturated heterocycles. The van der Waals surface area contributed by atoms with Gasteiger partial charge in [0.2, 0.25) is 10.0 Å². The van der Waals surface area contributed by atoms with Crippen molar-refractivity contribution in [3.63, 3.8) is 0 Å². The van der Waals surface area contributed by atoms with Crippen molar-refractivity contribution in [1.82, 2.24) is 15.0 Å². The molecule has 0 bridgehead atoms. The second-order valence-electron chi connectivity index (χ2n) is 6.84. The Hall–Kier alpha value is -2.25. The standard InChI is InChI=1S/C18H23N3O3S/c1-13-8-9-15(25(23,24)21-18(2,3)4)11-16(13)17(22)20-12-14-7-5-6-10-19-14/h5-11,21H,12H2,1-4H3,(H,20,22). The zero-order valence-electron chi connectivity index (χ0n) is 14.8. The summed E-state index contributed by atoms with van der Waals surface area (Å²) in [5.74, 6) is -0.337. The third kappa shape index (κ3) is 5.37. The van der Waals surface area contributed by atoms with Crippen molar-refractivity contribution >= 4 is 15.9 Å². The summed E-state index contributed by atoms with van der Waals surface area (Å²) in [5, 5.41) is 2.77. The molecule has 0 saturated carbocycles. The molecular weight excluding hydrogens is 338 g/mol. The van der Waals surface area contributed by atoms with Crippen molar-refractivity contribution in [2.24, 2.45) is 0 Å². The molecule has 2 N–H and O–H groups in total. The van der Waals surface area contributed by atoms with E-state index in [4.69, 9.17) is 0 Å². The second kappa shape index (κ2) is 7.33. The lowest BCUT2D eigenvalue weighted by Gasteiger charge is -2.20. The van der Waals surface area contributed by atoms with Gasteiger partial charge in [0.25, 0.3) is 5.91 Å². The predicted molar refractivity (Wildman–Crippen MR) is 96.7 cm³/mol. The number of benzene rings is 1. The maximum Gasteiger partial charge on any atom is 0.251 e. The summed E-state index contributed by atoms with van der Waals surface area (Å²) >= 11 is 0. The normalized spacial score (nSPS) is 12.0. The van der Waals surface area contributed by atoms with Crippen LogP contribution in [0, 0.1) is 6.92 Å². The van der Waals surface area contributed by atoms with Crippen LogP contribution in [-0.4, -0.2) is 24.8 Å². The molecule has 2 aromatic rings. The predicted octanol–water partition coefficient (Wildman–Crippen LogP) is 2.40. The first-order valence-corrected chi connectivity index (χ1v) is 9.39. The van der Waals surface area contributed by atoms with Gasteiger partial charge in [-0.1, -0.05) is 12.1 Å². The van der Waals surface area contributed by atoms with Crippen LogP contribution in [0.15, 0.2) is 47.5 Å². The topological polar surface area (TPSA) is 88.2 Å². The number of nitrogens with zero attached hydrogens (tertiary/aromatic N) is 1. The van der Waals surface area contributed by atoms with Crippen molar-refractivity contribution in [2.75, 3.05) is 0 Å². The van der Waals surface area contributed by atoms with Crippen LogP contribution in [0.1, 0.15) is 42.4 Å². The Morgan fingerprint density at radius 1 is 1.16 bits per heavy atom. The van der Waals surface area contributed by atoms with Crippen LogP contribution in [0.2, 0.25) is 0 Å². The molecule has 6 nitrogen and oxygen atoms in total. The van der Waals surface area contributed by atoms with Crippen LogP contribution in [0.25, 0.3) is 0 Å². The van der Waals surface area contributed by atoms with Crippen molar-refractivity contribution in [3.8, 4) is 0 Å². The smallest absolute Gasteiger partial charge is 0.251 e. The van der Waals surface area contributed by atoms with Crippen LogP contribution >= 0.6 is 0 Å². The van der Waals surface area contributed by atoms with E-state index in [1.54, 1.807) is 52.1 Å². The fourth-order valence-electron chi connectivity index (χ4n) is 2.24. The van der Waals surface area contributed by atoms with Gasteiger partial charge in [-0.15, -0.1) is 0 Å². The van der Waals surface area contributed by atoms with Crippen molar-refractivity contribution in [1.29, 1.82) is 0 Å². The van der Waals surface area contributed by atoms with Gasteiger partial charge >= 0.3 is 0 Å². The Balaban J connectivity index is 2.22. The van der Waals surface area contributed by atoms with Crippen molar-refractivity contribution in [2.45, 2.75) is 44.7 Å². The van der Waals surface area contributed by atoms with Crippen molar-refractivity contribution in [3.05, 3.63) is 59.4 Å². The van der Waals surface area contributed by atoms with Gasteiger partial charge in [0.05, 0.1) is 17.1 Å². The summed E-state index contributed by atoms with van der Waals surface area (Å²) in [7, 11) is -3.70. The zero-order chi connectivity index (χ0) is 18.7. The molecule has 0 spiro atoms. The molecule has 0 fully saturated rings. The number of pyridine rings is 1. The Labute approximate surface area is 148 Å². The fraction of sp³-hybridized carbons (Fsp3) is 0.333. The highest BCUT2D eigenvalue weighted by Gasteiger charge is 2.23. The van der Waals surface area contributed by atoms with E-state index in [1.807, 2.05) is 6.07 Å². The minimum atomic E-state index is -3.70. The second-order valence-corrected chi connectivity index (χ2v) is 8.52. The number of hydrogen-bond donors (Lipinski definition) is 2. The third-order valence-electron chi connectivity index (χ3n) is 3.36. The van der Waals surface area contributed by atoms with Crippen molar-refractivity contribution < 1.29 is 13.2 Å². The number of hydrogen-bond acceptors (Lipinski definition) is 4. The average molecular weight is 361 g/mol. The van der Waals surface area contributed by atoms with Crippen LogP contribution in [-0.2, 0) is 16.6 Å². The SMILES string of the molecule is Cc1ccc(S(=O)(=O)NC(C)(C)C)cc1C(=O)NCc1ccccn1. The van der Waals surface area contributed by atoms with Gasteiger partial charge in [-0.3, -0.25) is 9.78 Å². The van der Waals surface area contributed by atoms with E-state index in [9.17, 15) is 13.2 Å². The number of aromatic nitrogens is 1. The maximum atomic E-state index is 12.5. The number of amides is 1. The first kappa shape index (κ1) is 19.1. The quantitative estimate of drug-likeness (QED) is 0.856. The Bertz CT molecular complexity index is 857. The lowest BCUT2D eigenvalue weighted by molar-refractivity contribution is 0.0949. The molecule has 2 rings (SSSR count). The third-order valence-corrected chi connectivity index (χ3v) is 5.12. The summed E-state index contributed by atoms with van der Waals surface area (Å²) in [6.45, 7) is 7.33. The highest BCUT2D eigenvalue weighted by atomic mass is 32.2. The minimum Gasteiger partial charge on any atom is -0.346 e. The molecule has 0 aliphatic heterocycles. The van der Waals surface area contributed by atoms with Gasteiger partial charge < -0.3 is 5.32 Å². The van der Waals surface area contributed by atoms with Gasteiger partial charge in [-0.05, 0) is 57.5 Å². The van der Waals surface area contributed by atoms with Crippen LogP contribution in [0.3, 0.4) is 0 Å². The summed E-state index contributed by atoms with van der Waals surface area (Å²) in [6, 6.07) is 9.97. The van der Waals surface area contributed by atoms with Gasteiger partial charge in [0.1, 0.15) is 0 Å². The lowest BCUT2D eigenvalue weighted by Crippen LogP contribution is -2.40. The van der Waals surface area contributed by atoms with E-state index >= 15 is 0 Å². The lowest BCUT2D eigenvalue weighted by atomic mass is 10.1. The average Bonchev–Trinajstić information content (AvgIpc) is 2.51. The van der Waals surface area contributed by atoms with Gasteiger partial charge in [0, 0.05) is 17.3 Å². The molecule has 134 valence electrons. The molecule has 1 aromatic carbocycles. The van der Waals surface area contributed by atoms with E-state index in [1.165, 1.54) is 12.1 Å². The van der Waals surface area contributed by atoms with Gasteiger partial charge in [-0.25, -0.2) is 13.1 Å². The molecule has 1 heterocycles. The molecular formula is C18H23N3O3S. The maximum absolute atomic E-state index is 12.5. The molecule has 0 unspecified atom stereocenters. The molecule has 25 heavy (non-hydrogen) atoms. The highest BCUT2D eigenvalue weighted by molar-refractivity contribution is 7.89. The van der Waals surface area contributed by atoms with Crippen LogP contribution < -0.4 is 10.0 Å². The van der Waals surface area contributed by atoms with E-state index in [2.05, 4.69) is 15.0 Å². The summed E-state index contributed by atoms with van der Waals surface area (Å²) in [4.78, 5) is 16.7. The number of nitrogens with one attached hydrogen (secondary N) is 2. The van der Waals surface area contributed by atoms with E-state index < -0.39 is 15.6 Å². The van der Waals surface area contributed by atoms with Gasteiger partial charge in [0.15, 0.2) is 0 Å². The number of aryl methyl sites for hydroxylation is 1. The molecule has 1 aromatic heterocycles.